The Morgan fingerprint density at radius 3 is 2.47 bits per heavy atom. The third-order valence-electron chi connectivity index (χ3n) is 6.75. The maximum absolute atomic E-state index is 14.5. The summed E-state index contributed by atoms with van der Waals surface area (Å²) in [7, 11) is 0. The highest BCUT2D eigenvalue weighted by atomic mass is 19.1. The molecule has 2 fully saturated rings. The number of aromatic amines is 1. The molecule has 5 nitrogen and oxygen atoms in total. The van der Waals surface area contributed by atoms with Crippen LogP contribution in [-0.4, -0.2) is 34.8 Å². The lowest BCUT2D eigenvalue weighted by Crippen LogP contribution is -2.53. The van der Waals surface area contributed by atoms with Gasteiger partial charge < -0.3 is 20.7 Å². The summed E-state index contributed by atoms with van der Waals surface area (Å²) in [6.45, 7) is 0.488. The second kappa shape index (κ2) is 8.16. The highest BCUT2D eigenvalue weighted by molar-refractivity contribution is 5.92. The summed E-state index contributed by atoms with van der Waals surface area (Å²) in [5.41, 5.74) is 2.43. The Hall–Kier alpha value is -3.00. The number of aromatic nitrogens is 1. The number of halogens is 3. The number of nitrogens with one attached hydrogen (secondary N) is 3. The highest BCUT2D eigenvalue weighted by Crippen LogP contribution is 2.48. The molecule has 0 saturated heterocycles. The number of fused-ring (bicyclic) bond motifs is 1. The largest absolute Gasteiger partial charge is 0.391 e. The Labute approximate surface area is 183 Å². The van der Waals surface area contributed by atoms with E-state index in [4.69, 9.17) is 0 Å². The van der Waals surface area contributed by atoms with Crippen LogP contribution in [0.1, 0.15) is 37.2 Å². The van der Waals surface area contributed by atoms with E-state index in [1.165, 1.54) is 18.2 Å². The van der Waals surface area contributed by atoms with Crippen molar-refractivity contribution < 1.29 is 23.1 Å². The molecule has 2 atom stereocenters. The number of aliphatic hydroxyl groups is 1. The fourth-order valence-corrected chi connectivity index (χ4v) is 4.75. The van der Waals surface area contributed by atoms with Gasteiger partial charge in [-0.1, -0.05) is 0 Å². The van der Waals surface area contributed by atoms with Gasteiger partial charge in [0.15, 0.2) is 0 Å². The van der Waals surface area contributed by atoms with Crippen molar-refractivity contribution in [3.63, 3.8) is 0 Å². The molecule has 0 aliphatic heterocycles. The lowest BCUT2D eigenvalue weighted by Gasteiger charge is -2.37. The van der Waals surface area contributed by atoms with Gasteiger partial charge in [-0.05, 0) is 79.0 Å². The van der Waals surface area contributed by atoms with Crippen molar-refractivity contribution in [2.75, 3.05) is 6.54 Å². The van der Waals surface area contributed by atoms with Gasteiger partial charge in [0.25, 0.3) is 0 Å². The van der Waals surface area contributed by atoms with Crippen molar-refractivity contribution in [3.8, 4) is 11.3 Å². The minimum Gasteiger partial charge on any atom is -0.391 e. The first kappa shape index (κ1) is 20.9. The number of H-pyrrole nitrogens is 1. The standard InChI is InChI=1S/C24H24F3N3O2/c25-15-3-1-13(2-4-15)22-21(17-9-16(26)10-18(27)23(17)30-22)14-7-12(8-14)11-28-24(32)29-19-5-6-20(19)31/h1-4,9-10,12,14,19-20,30-31H,5-8,11H2,(H2,28,29,32)/t12?,14?,19-,20-/m0/s1. The number of hydrogen-bond donors (Lipinski definition) is 4. The smallest absolute Gasteiger partial charge is 0.315 e. The van der Waals surface area contributed by atoms with Crippen molar-refractivity contribution in [3.05, 3.63) is 59.4 Å². The Kier molecular flexibility index (Phi) is 5.33. The number of amides is 2. The van der Waals surface area contributed by atoms with Gasteiger partial charge in [0, 0.05) is 18.0 Å². The molecule has 2 aromatic carbocycles. The van der Waals surface area contributed by atoms with Gasteiger partial charge in [-0.2, -0.15) is 0 Å². The molecule has 8 heteroatoms. The quantitative estimate of drug-likeness (QED) is 0.466. The van der Waals surface area contributed by atoms with E-state index in [1.807, 2.05) is 0 Å². The molecule has 2 aliphatic rings. The molecule has 2 aliphatic carbocycles. The summed E-state index contributed by atoms with van der Waals surface area (Å²) < 4.78 is 41.9. The average Bonchev–Trinajstić information content (AvgIpc) is 3.09. The molecule has 3 aromatic rings. The van der Waals surface area contributed by atoms with Crippen molar-refractivity contribution >= 4 is 16.9 Å². The normalized spacial score (nSPS) is 24.6. The van der Waals surface area contributed by atoms with Crippen LogP contribution >= 0.6 is 0 Å². The van der Waals surface area contributed by atoms with E-state index in [0.29, 0.717) is 29.6 Å². The van der Waals surface area contributed by atoms with Crippen LogP contribution in [0.2, 0.25) is 0 Å². The predicted octanol–water partition coefficient (Wildman–Crippen LogP) is 4.57. The van der Waals surface area contributed by atoms with Gasteiger partial charge >= 0.3 is 6.03 Å². The maximum Gasteiger partial charge on any atom is 0.315 e. The van der Waals surface area contributed by atoms with Gasteiger partial charge in [0.2, 0.25) is 0 Å². The first-order chi connectivity index (χ1) is 15.4. The molecular weight excluding hydrogens is 419 g/mol. The van der Waals surface area contributed by atoms with Crippen LogP contribution in [0, 0.1) is 23.4 Å². The van der Waals surface area contributed by atoms with Gasteiger partial charge in [-0.15, -0.1) is 0 Å². The van der Waals surface area contributed by atoms with Crippen molar-refractivity contribution in [2.24, 2.45) is 5.92 Å². The fourth-order valence-electron chi connectivity index (χ4n) is 4.75. The van der Waals surface area contributed by atoms with Crippen LogP contribution in [0.15, 0.2) is 36.4 Å². The first-order valence-corrected chi connectivity index (χ1v) is 10.9. The average molecular weight is 443 g/mol. The Bertz CT molecular complexity index is 1160. The zero-order chi connectivity index (χ0) is 22.4. The molecule has 0 unspecified atom stereocenters. The monoisotopic (exact) mass is 443 g/mol. The number of carbonyl (C=O) groups excluding carboxylic acids is 1. The van der Waals surface area contributed by atoms with Crippen molar-refractivity contribution in [1.29, 1.82) is 0 Å². The Balaban J connectivity index is 1.33. The number of hydrogen-bond acceptors (Lipinski definition) is 2. The molecule has 2 amide bonds. The van der Waals surface area contributed by atoms with Crippen LogP contribution in [0.5, 0.6) is 0 Å². The number of carbonyl (C=O) groups is 1. The summed E-state index contributed by atoms with van der Waals surface area (Å²) in [6, 6.07) is 7.63. The van der Waals surface area contributed by atoms with E-state index in [2.05, 4.69) is 15.6 Å². The number of urea groups is 1. The highest BCUT2D eigenvalue weighted by Gasteiger charge is 2.35. The zero-order valence-corrected chi connectivity index (χ0v) is 17.3. The summed E-state index contributed by atoms with van der Waals surface area (Å²) in [5.74, 6) is -1.38. The fraction of sp³-hybridized carbons (Fsp3) is 0.375. The minimum atomic E-state index is -0.665. The molecule has 32 heavy (non-hydrogen) atoms. The Morgan fingerprint density at radius 1 is 1.06 bits per heavy atom. The van der Waals surface area contributed by atoms with Crippen molar-refractivity contribution in [2.45, 2.75) is 43.7 Å². The van der Waals surface area contributed by atoms with Crippen molar-refractivity contribution in [1.82, 2.24) is 15.6 Å². The molecule has 1 aromatic heterocycles. The van der Waals surface area contributed by atoms with Crippen LogP contribution in [0.25, 0.3) is 22.2 Å². The second-order valence-electron chi connectivity index (χ2n) is 8.87. The molecule has 5 rings (SSSR count). The SMILES string of the molecule is O=C(NCC1CC(c2c(-c3ccc(F)cc3)[nH]c3c(F)cc(F)cc23)C1)N[C@H]1CC[C@@H]1O. The molecule has 2 saturated carbocycles. The molecule has 0 spiro atoms. The van der Waals surface area contributed by atoms with Crippen LogP contribution in [-0.2, 0) is 0 Å². The van der Waals surface area contributed by atoms with E-state index in [0.717, 1.165) is 30.9 Å². The molecule has 1 heterocycles. The third kappa shape index (κ3) is 3.83. The first-order valence-electron chi connectivity index (χ1n) is 10.9. The van der Waals surface area contributed by atoms with Crippen LogP contribution < -0.4 is 10.6 Å². The molecule has 0 bridgehead atoms. The molecule has 0 radical (unpaired) electrons. The number of rotatable bonds is 5. The zero-order valence-electron chi connectivity index (χ0n) is 17.3. The van der Waals surface area contributed by atoms with Gasteiger partial charge in [-0.25, -0.2) is 18.0 Å². The van der Waals surface area contributed by atoms with E-state index in [1.54, 1.807) is 12.1 Å². The summed E-state index contributed by atoms with van der Waals surface area (Å²) in [5, 5.41) is 15.7. The van der Waals surface area contributed by atoms with Gasteiger partial charge in [0.1, 0.15) is 17.5 Å². The third-order valence-corrected chi connectivity index (χ3v) is 6.75. The van der Waals surface area contributed by atoms with Crippen LogP contribution in [0.4, 0.5) is 18.0 Å². The second-order valence-corrected chi connectivity index (χ2v) is 8.87. The molecule has 168 valence electrons. The van der Waals surface area contributed by atoms with Crippen LogP contribution in [0.3, 0.4) is 0 Å². The minimum absolute atomic E-state index is 0.0633. The lowest BCUT2D eigenvalue weighted by molar-refractivity contribution is 0.0546. The molecule has 4 N–H and O–H groups in total. The van der Waals surface area contributed by atoms with Gasteiger partial charge in [-0.3, -0.25) is 0 Å². The number of aliphatic hydroxyl groups excluding tert-OH is 1. The summed E-state index contributed by atoms with van der Waals surface area (Å²) in [6.07, 6.45) is 2.52. The number of benzene rings is 2. The molecular formula is C24H24F3N3O2. The Morgan fingerprint density at radius 2 is 1.81 bits per heavy atom. The van der Waals surface area contributed by atoms with E-state index in [9.17, 15) is 23.1 Å². The van der Waals surface area contributed by atoms with Gasteiger partial charge in [0.05, 0.1) is 23.4 Å². The summed E-state index contributed by atoms with van der Waals surface area (Å²) >= 11 is 0. The maximum atomic E-state index is 14.5. The van der Waals surface area contributed by atoms with E-state index in [-0.39, 0.29) is 35.2 Å². The summed E-state index contributed by atoms with van der Waals surface area (Å²) in [4.78, 5) is 15.1. The van der Waals surface area contributed by atoms with E-state index >= 15 is 0 Å². The van der Waals surface area contributed by atoms with E-state index < -0.39 is 17.7 Å². The topological polar surface area (TPSA) is 77.2 Å². The lowest BCUT2D eigenvalue weighted by atomic mass is 9.70. The predicted molar refractivity (Wildman–Crippen MR) is 115 cm³/mol.